The van der Waals surface area contributed by atoms with Crippen molar-refractivity contribution in [1.29, 1.82) is 0 Å². The molecule has 1 aliphatic rings. The molecule has 0 spiro atoms. The number of rotatable bonds is 5. The number of nitrogens with two attached hydrogens (primary N) is 1. The first-order valence-corrected chi connectivity index (χ1v) is 11.3. The Morgan fingerprint density at radius 1 is 1.19 bits per heavy atom. The topological polar surface area (TPSA) is 90.0 Å². The summed E-state index contributed by atoms with van der Waals surface area (Å²) < 4.78 is 14.6. The number of hydrogen-bond donors (Lipinski definition) is 2. The molecule has 2 heterocycles. The van der Waals surface area contributed by atoms with E-state index in [0.29, 0.717) is 22.8 Å². The highest BCUT2D eigenvalue weighted by atomic mass is 35.5. The number of amides is 2. The average Bonchev–Trinajstić information content (AvgIpc) is 3.09. The van der Waals surface area contributed by atoms with Crippen LogP contribution in [0.15, 0.2) is 24.3 Å². The molecule has 0 aliphatic heterocycles. The van der Waals surface area contributed by atoms with Crippen molar-refractivity contribution in [2.75, 3.05) is 5.32 Å². The molecule has 3 N–H and O–H groups in total. The maximum atomic E-state index is 13.1. The lowest BCUT2D eigenvalue weighted by molar-refractivity contribution is 0.100. The summed E-state index contributed by atoms with van der Waals surface area (Å²) in [7, 11) is 0. The van der Waals surface area contributed by atoms with Gasteiger partial charge in [0, 0.05) is 4.88 Å². The normalized spacial score (nSPS) is 13.5. The van der Waals surface area contributed by atoms with Gasteiger partial charge in [0.05, 0.1) is 23.4 Å². The van der Waals surface area contributed by atoms with Crippen molar-refractivity contribution in [2.24, 2.45) is 5.73 Å². The Labute approximate surface area is 188 Å². The van der Waals surface area contributed by atoms with Crippen molar-refractivity contribution in [2.45, 2.75) is 45.6 Å². The minimum atomic E-state index is -0.537. The fourth-order valence-corrected chi connectivity index (χ4v) is 5.55. The standard InChI is InChI=1S/C22H22ClFN4O2S/c1-12-17(19(23)28(27-12)11-13-7-9-14(24)10-8-13)21(30)26-22-18(20(25)29)15-5-3-2-4-6-16(15)31-22/h7-10H,2-6,11H2,1H3,(H2,25,29)(H,26,30). The van der Waals surface area contributed by atoms with E-state index in [0.717, 1.165) is 48.1 Å². The van der Waals surface area contributed by atoms with E-state index in [1.165, 1.54) is 28.2 Å². The fourth-order valence-electron chi connectivity index (χ4n) is 3.94. The number of halogens is 2. The quantitative estimate of drug-likeness (QED) is 0.540. The third-order valence-corrected chi connectivity index (χ3v) is 7.02. The van der Waals surface area contributed by atoms with Crippen LogP contribution in [0.2, 0.25) is 5.15 Å². The maximum absolute atomic E-state index is 13.1. The van der Waals surface area contributed by atoms with Crippen LogP contribution in [0.3, 0.4) is 0 Å². The number of aromatic nitrogens is 2. The Bertz CT molecular complexity index is 1150. The summed E-state index contributed by atoms with van der Waals surface area (Å²) in [6, 6.07) is 6.00. The monoisotopic (exact) mass is 460 g/mol. The third kappa shape index (κ3) is 4.36. The van der Waals surface area contributed by atoms with E-state index in [-0.39, 0.29) is 16.5 Å². The van der Waals surface area contributed by atoms with E-state index in [4.69, 9.17) is 17.3 Å². The number of primary amides is 1. The number of nitrogens with one attached hydrogen (secondary N) is 1. The van der Waals surface area contributed by atoms with Crippen molar-refractivity contribution >= 4 is 39.8 Å². The van der Waals surface area contributed by atoms with Gasteiger partial charge in [-0.3, -0.25) is 9.59 Å². The highest BCUT2D eigenvalue weighted by molar-refractivity contribution is 7.17. The fraction of sp³-hybridized carbons (Fsp3) is 0.318. The second kappa shape index (κ2) is 8.80. The van der Waals surface area contributed by atoms with Gasteiger partial charge in [0.25, 0.3) is 11.8 Å². The summed E-state index contributed by atoms with van der Waals surface area (Å²) in [6.45, 7) is 1.99. The van der Waals surface area contributed by atoms with Crippen molar-refractivity contribution < 1.29 is 14.0 Å². The van der Waals surface area contributed by atoms with Gasteiger partial charge in [-0.15, -0.1) is 11.3 Å². The predicted octanol–water partition coefficient (Wildman–Crippen LogP) is 4.71. The van der Waals surface area contributed by atoms with Crippen LogP contribution in [0.1, 0.15) is 61.7 Å². The van der Waals surface area contributed by atoms with E-state index in [1.54, 1.807) is 19.1 Å². The highest BCUT2D eigenvalue weighted by Crippen LogP contribution is 2.37. The van der Waals surface area contributed by atoms with E-state index in [2.05, 4.69) is 10.4 Å². The van der Waals surface area contributed by atoms with Crippen LogP contribution < -0.4 is 11.1 Å². The Kier molecular flexibility index (Phi) is 6.11. The molecule has 0 fully saturated rings. The number of carbonyl (C=O) groups is 2. The van der Waals surface area contributed by atoms with Crippen LogP contribution in [-0.2, 0) is 19.4 Å². The zero-order valence-electron chi connectivity index (χ0n) is 17.0. The molecule has 3 aromatic rings. The van der Waals surface area contributed by atoms with Gasteiger partial charge < -0.3 is 11.1 Å². The lowest BCUT2D eigenvalue weighted by Crippen LogP contribution is -2.18. The van der Waals surface area contributed by atoms with Crippen LogP contribution in [0.25, 0.3) is 0 Å². The van der Waals surface area contributed by atoms with Gasteiger partial charge in [0.1, 0.15) is 16.0 Å². The number of thiophene rings is 1. The van der Waals surface area contributed by atoms with Crippen LogP contribution in [-0.4, -0.2) is 21.6 Å². The minimum absolute atomic E-state index is 0.179. The van der Waals surface area contributed by atoms with E-state index >= 15 is 0 Å². The summed E-state index contributed by atoms with van der Waals surface area (Å²) in [4.78, 5) is 26.3. The first-order chi connectivity index (χ1) is 14.8. The Morgan fingerprint density at radius 2 is 1.90 bits per heavy atom. The van der Waals surface area contributed by atoms with Gasteiger partial charge in [-0.25, -0.2) is 9.07 Å². The lowest BCUT2D eigenvalue weighted by Gasteiger charge is -2.07. The third-order valence-electron chi connectivity index (χ3n) is 5.43. The van der Waals surface area contributed by atoms with Crippen LogP contribution in [0, 0.1) is 12.7 Å². The van der Waals surface area contributed by atoms with Gasteiger partial charge in [-0.05, 0) is 55.9 Å². The molecule has 4 rings (SSSR count). The molecule has 2 amide bonds. The predicted molar refractivity (Wildman–Crippen MR) is 120 cm³/mol. The van der Waals surface area contributed by atoms with Gasteiger partial charge >= 0.3 is 0 Å². The van der Waals surface area contributed by atoms with Gasteiger partial charge in [0.2, 0.25) is 0 Å². The summed E-state index contributed by atoms with van der Waals surface area (Å²) >= 11 is 7.88. The Hall–Kier alpha value is -2.71. The smallest absolute Gasteiger partial charge is 0.261 e. The SMILES string of the molecule is Cc1nn(Cc2ccc(F)cc2)c(Cl)c1C(=O)Nc1sc2c(c1C(N)=O)CCCCC2. The number of aryl methyl sites for hydroxylation is 2. The number of carbonyl (C=O) groups excluding carboxylic acids is 2. The van der Waals surface area contributed by atoms with Crippen molar-refractivity contribution in [3.05, 3.63) is 68.1 Å². The Balaban J connectivity index is 1.62. The summed E-state index contributed by atoms with van der Waals surface area (Å²) in [5.74, 6) is -1.30. The van der Waals surface area contributed by atoms with Crippen molar-refractivity contribution in [3.63, 3.8) is 0 Å². The molecule has 0 saturated heterocycles. The molecule has 6 nitrogen and oxygen atoms in total. The van der Waals surface area contributed by atoms with Crippen LogP contribution in [0.5, 0.6) is 0 Å². The first kappa shape index (κ1) is 21.5. The maximum Gasteiger partial charge on any atom is 0.261 e. The molecule has 162 valence electrons. The summed E-state index contributed by atoms with van der Waals surface area (Å²) in [5.41, 5.74) is 8.52. The Morgan fingerprint density at radius 3 is 2.61 bits per heavy atom. The van der Waals surface area contributed by atoms with Gasteiger partial charge in [-0.1, -0.05) is 30.2 Å². The van der Waals surface area contributed by atoms with E-state index in [1.807, 2.05) is 0 Å². The molecule has 2 aromatic heterocycles. The minimum Gasteiger partial charge on any atom is -0.365 e. The molecular weight excluding hydrogens is 439 g/mol. The molecule has 0 unspecified atom stereocenters. The molecule has 0 atom stereocenters. The molecule has 0 saturated carbocycles. The number of benzene rings is 1. The number of nitrogens with zero attached hydrogens (tertiary/aromatic N) is 2. The second-order valence-corrected chi connectivity index (χ2v) is 9.09. The van der Waals surface area contributed by atoms with Crippen LogP contribution >= 0.6 is 22.9 Å². The lowest BCUT2D eigenvalue weighted by atomic mass is 10.1. The number of anilines is 1. The average molecular weight is 461 g/mol. The summed E-state index contributed by atoms with van der Waals surface area (Å²) in [5, 5.41) is 7.85. The second-order valence-electron chi connectivity index (χ2n) is 7.62. The highest BCUT2D eigenvalue weighted by Gasteiger charge is 2.27. The molecule has 0 radical (unpaired) electrons. The first-order valence-electron chi connectivity index (χ1n) is 10.1. The molecule has 0 bridgehead atoms. The zero-order valence-corrected chi connectivity index (χ0v) is 18.6. The summed E-state index contributed by atoms with van der Waals surface area (Å²) in [6.07, 6.45) is 4.84. The van der Waals surface area contributed by atoms with Crippen LogP contribution in [0.4, 0.5) is 9.39 Å². The van der Waals surface area contributed by atoms with Gasteiger partial charge in [-0.2, -0.15) is 5.10 Å². The number of hydrogen-bond acceptors (Lipinski definition) is 4. The van der Waals surface area contributed by atoms with Crippen molar-refractivity contribution in [1.82, 2.24) is 9.78 Å². The zero-order chi connectivity index (χ0) is 22.1. The molecule has 9 heteroatoms. The van der Waals surface area contributed by atoms with E-state index < -0.39 is 11.8 Å². The van der Waals surface area contributed by atoms with Gasteiger partial charge in [0.15, 0.2) is 0 Å². The molecule has 1 aliphatic carbocycles. The number of fused-ring (bicyclic) bond motifs is 1. The molecule has 31 heavy (non-hydrogen) atoms. The molecule has 1 aromatic carbocycles. The molecular formula is C22H22ClFN4O2S. The van der Waals surface area contributed by atoms with E-state index in [9.17, 15) is 14.0 Å². The van der Waals surface area contributed by atoms with Crippen molar-refractivity contribution in [3.8, 4) is 0 Å². The largest absolute Gasteiger partial charge is 0.365 e.